The molecule has 0 bridgehead atoms. The number of hydrogen-bond donors (Lipinski definition) is 0. The van der Waals surface area contributed by atoms with E-state index in [1.165, 1.54) is 91.6 Å². The monoisotopic (exact) mass is 697 g/mol. The number of rotatable bonds is 3. The fourth-order valence-electron chi connectivity index (χ4n) is 8.82. The summed E-state index contributed by atoms with van der Waals surface area (Å²) in [5.41, 5.74) is 13.5. The molecule has 0 saturated carbocycles. The van der Waals surface area contributed by atoms with Crippen molar-refractivity contribution in [2.45, 2.75) is 25.0 Å². The van der Waals surface area contributed by atoms with Gasteiger partial charge in [-0.1, -0.05) is 169 Å². The third-order valence-corrected chi connectivity index (χ3v) is 13.3. The molecule has 0 fully saturated rings. The van der Waals surface area contributed by atoms with Crippen LogP contribution in [0.1, 0.15) is 22.3 Å². The van der Waals surface area contributed by atoms with Gasteiger partial charge < -0.3 is 4.57 Å². The van der Waals surface area contributed by atoms with Crippen LogP contribution in [0.3, 0.4) is 0 Å². The van der Waals surface area contributed by atoms with Crippen molar-refractivity contribution in [3.63, 3.8) is 0 Å². The Hall–Kier alpha value is -5.74. The van der Waals surface area contributed by atoms with Crippen LogP contribution in [0.2, 0.25) is 0 Å². The maximum atomic E-state index is 2.43. The summed E-state index contributed by atoms with van der Waals surface area (Å²) < 4.78 is 2.43. The van der Waals surface area contributed by atoms with Gasteiger partial charge in [0.05, 0.1) is 16.4 Å². The minimum atomic E-state index is -0.531. The van der Waals surface area contributed by atoms with Crippen LogP contribution in [0.25, 0.3) is 49.7 Å². The van der Waals surface area contributed by atoms with Gasteiger partial charge in [0.15, 0.2) is 0 Å². The molecule has 1 aromatic heterocycles. The van der Waals surface area contributed by atoms with Crippen LogP contribution < -0.4 is 0 Å². The Kier molecular flexibility index (Phi) is 6.70. The first kappa shape index (κ1) is 29.9. The van der Waals surface area contributed by atoms with Gasteiger partial charge in [-0.15, -0.1) is 0 Å². The fraction of sp³-hybridized carbons (Fsp3) is 0.0204. The lowest BCUT2D eigenvalue weighted by Crippen LogP contribution is -2.37. The minimum absolute atomic E-state index is 0.531. The molecule has 1 nitrogen and oxygen atoms in total. The van der Waals surface area contributed by atoms with E-state index in [-0.39, 0.29) is 0 Å². The van der Waals surface area contributed by atoms with Crippen molar-refractivity contribution >= 4 is 45.3 Å². The molecule has 8 aromatic carbocycles. The summed E-state index contributed by atoms with van der Waals surface area (Å²) in [5.74, 6) is 0. The molecule has 0 aliphatic carbocycles. The van der Waals surface area contributed by atoms with E-state index in [4.69, 9.17) is 0 Å². The van der Waals surface area contributed by atoms with Gasteiger partial charge in [-0.2, -0.15) is 0 Å². The second-order valence-corrected chi connectivity index (χ2v) is 15.7. The van der Waals surface area contributed by atoms with Gasteiger partial charge in [0.25, 0.3) is 0 Å². The van der Waals surface area contributed by atoms with Crippen molar-refractivity contribution in [3.8, 4) is 27.9 Å². The molecular formula is C49H31NS2. The zero-order valence-electron chi connectivity index (χ0n) is 28.2. The standard InChI is InChI=1S/C49H31NS2/c1-3-15-32(16-4-1)36-21-13-24-41-48(36)52-45-27-12-9-23-40(45)49(41)39-22-8-11-26-44(39)51-46-28-14-20-35(47(46)49)33-29-30-38-37-19-7-10-25-42(37)50(43(38)31-33)34-17-5-2-6-18-34/h1-31H. The lowest BCUT2D eigenvalue weighted by atomic mass is 9.62. The molecule has 9 aromatic rings. The zero-order valence-corrected chi connectivity index (χ0v) is 29.8. The van der Waals surface area contributed by atoms with Crippen LogP contribution in [0.15, 0.2) is 208 Å². The Morgan fingerprint density at radius 1 is 0.385 bits per heavy atom. The highest BCUT2D eigenvalue weighted by atomic mass is 32.2. The van der Waals surface area contributed by atoms with Crippen molar-refractivity contribution in [1.82, 2.24) is 4.57 Å². The summed E-state index contributed by atoms with van der Waals surface area (Å²) in [5, 5.41) is 2.53. The molecule has 2 aliphatic heterocycles. The molecule has 1 spiro atoms. The molecular weight excluding hydrogens is 667 g/mol. The Labute approximate surface area is 311 Å². The number of aromatic nitrogens is 1. The van der Waals surface area contributed by atoms with Gasteiger partial charge in [0.2, 0.25) is 0 Å². The smallest absolute Gasteiger partial charge is 0.0751 e. The SMILES string of the molecule is c1ccc(-c2cccc3c2Sc2ccccc2C32c3ccccc3Sc3cccc(-c4ccc5c6ccccc6n(-c6ccccc6)c5c4)c32)cc1. The molecule has 0 amide bonds. The Morgan fingerprint density at radius 3 is 1.79 bits per heavy atom. The zero-order chi connectivity index (χ0) is 34.2. The third-order valence-electron chi connectivity index (χ3n) is 10.9. The Morgan fingerprint density at radius 2 is 0.981 bits per heavy atom. The quantitative estimate of drug-likeness (QED) is 0.181. The van der Waals surface area contributed by atoms with Crippen LogP contribution in [0.4, 0.5) is 0 Å². The van der Waals surface area contributed by atoms with Crippen molar-refractivity contribution in [1.29, 1.82) is 0 Å². The van der Waals surface area contributed by atoms with Gasteiger partial charge in [-0.25, -0.2) is 0 Å². The summed E-state index contributed by atoms with van der Waals surface area (Å²) in [7, 11) is 0. The first-order chi connectivity index (χ1) is 25.8. The molecule has 3 heteroatoms. The van der Waals surface area contributed by atoms with Gasteiger partial charge >= 0.3 is 0 Å². The molecule has 52 heavy (non-hydrogen) atoms. The first-order valence-electron chi connectivity index (χ1n) is 17.8. The predicted octanol–water partition coefficient (Wildman–Crippen LogP) is 13.4. The molecule has 11 rings (SSSR count). The predicted molar refractivity (Wildman–Crippen MR) is 218 cm³/mol. The molecule has 2 aliphatic rings. The summed E-state index contributed by atoms with van der Waals surface area (Å²) in [4.78, 5) is 5.25. The van der Waals surface area contributed by atoms with E-state index in [1.54, 1.807) is 0 Å². The van der Waals surface area contributed by atoms with E-state index >= 15 is 0 Å². The fourth-order valence-corrected chi connectivity index (χ4v) is 11.4. The molecule has 3 heterocycles. The first-order valence-corrected chi connectivity index (χ1v) is 19.4. The van der Waals surface area contributed by atoms with E-state index in [0.29, 0.717) is 0 Å². The van der Waals surface area contributed by atoms with E-state index in [2.05, 4.69) is 193 Å². The van der Waals surface area contributed by atoms with Gasteiger partial charge in [0.1, 0.15) is 0 Å². The van der Waals surface area contributed by atoms with E-state index in [1.807, 2.05) is 23.5 Å². The summed E-state index contributed by atoms with van der Waals surface area (Å²) in [6, 6.07) is 69.7. The van der Waals surface area contributed by atoms with Crippen LogP contribution in [-0.4, -0.2) is 4.57 Å². The second-order valence-electron chi connectivity index (χ2n) is 13.6. The largest absolute Gasteiger partial charge is 0.309 e. The number of para-hydroxylation sites is 2. The molecule has 1 atom stereocenters. The molecule has 244 valence electrons. The van der Waals surface area contributed by atoms with Crippen LogP contribution >= 0.6 is 23.5 Å². The second kappa shape index (κ2) is 11.6. The van der Waals surface area contributed by atoms with Gasteiger partial charge in [0, 0.05) is 36.0 Å². The van der Waals surface area contributed by atoms with Gasteiger partial charge in [-0.05, 0) is 87.0 Å². The van der Waals surface area contributed by atoms with E-state index in [9.17, 15) is 0 Å². The number of benzene rings is 8. The minimum Gasteiger partial charge on any atom is -0.309 e. The Bertz CT molecular complexity index is 2840. The van der Waals surface area contributed by atoms with Crippen LogP contribution in [0, 0.1) is 0 Å². The highest BCUT2D eigenvalue weighted by molar-refractivity contribution is 8.00. The molecule has 1 unspecified atom stereocenters. The van der Waals surface area contributed by atoms with Crippen molar-refractivity contribution < 1.29 is 0 Å². The number of hydrogen-bond acceptors (Lipinski definition) is 2. The van der Waals surface area contributed by atoms with Crippen LogP contribution in [0.5, 0.6) is 0 Å². The maximum absolute atomic E-state index is 2.43. The third kappa shape index (κ3) is 4.21. The lowest BCUT2D eigenvalue weighted by molar-refractivity contribution is 0.670. The normalized spacial score (nSPS) is 15.6. The molecule has 0 radical (unpaired) electrons. The topological polar surface area (TPSA) is 4.93 Å². The van der Waals surface area contributed by atoms with Crippen LogP contribution in [-0.2, 0) is 5.41 Å². The summed E-state index contributed by atoms with van der Waals surface area (Å²) in [6.45, 7) is 0. The van der Waals surface area contributed by atoms with E-state index in [0.717, 1.165) is 0 Å². The van der Waals surface area contributed by atoms with Crippen molar-refractivity contribution in [3.05, 3.63) is 210 Å². The highest BCUT2D eigenvalue weighted by Crippen LogP contribution is 2.64. The van der Waals surface area contributed by atoms with Gasteiger partial charge in [-0.3, -0.25) is 0 Å². The highest BCUT2D eigenvalue weighted by Gasteiger charge is 2.50. The van der Waals surface area contributed by atoms with Crippen molar-refractivity contribution in [2.24, 2.45) is 0 Å². The molecule has 0 N–H and O–H groups in total. The van der Waals surface area contributed by atoms with Crippen molar-refractivity contribution in [2.75, 3.05) is 0 Å². The Balaban J connectivity index is 1.26. The maximum Gasteiger partial charge on any atom is 0.0751 e. The van der Waals surface area contributed by atoms with E-state index < -0.39 is 5.41 Å². The summed E-state index contributed by atoms with van der Waals surface area (Å²) >= 11 is 3.82. The average Bonchev–Trinajstić information content (AvgIpc) is 3.54. The summed E-state index contributed by atoms with van der Waals surface area (Å²) in [6.07, 6.45) is 0. The average molecular weight is 698 g/mol. The number of fused-ring (bicyclic) bond motifs is 11. The lowest BCUT2D eigenvalue weighted by Gasteiger charge is -2.47. The number of nitrogens with zero attached hydrogens (tertiary/aromatic N) is 1. The molecule has 0 saturated heterocycles.